The minimum atomic E-state index is -3.93. The van der Waals surface area contributed by atoms with E-state index in [1.165, 1.54) is 36.4 Å². The molecule has 5 N–H and O–H groups in total. The topological polar surface area (TPSA) is 153 Å². The average Bonchev–Trinajstić information content (AvgIpc) is 2.89. The van der Waals surface area contributed by atoms with E-state index < -0.39 is 27.9 Å². The van der Waals surface area contributed by atoms with E-state index in [4.69, 9.17) is 0 Å². The van der Waals surface area contributed by atoms with Crippen LogP contribution in [0.4, 0.5) is 0 Å². The highest BCUT2D eigenvalue weighted by molar-refractivity contribution is 7.89. The molecule has 10 heteroatoms. The molecule has 9 nitrogen and oxygen atoms in total. The molecule has 1 unspecified atom stereocenters. The fourth-order valence-electron chi connectivity index (χ4n) is 4.78. The number of carbonyl (C=O) groups is 2. The highest BCUT2D eigenvalue weighted by Crippen LogP contribution is 2.38. The quantitative estimate of drug-likeness (QED) is 0.279. The van der Waals surface area contributed by atoms with Crippen LogP contribution in [0.5, 0.6) is 11.5 Å². The number of sulfonamides is 1. The van der Waals surface area contributed by atoms with Crippen molar-refractivity contribution < 1.29 is 33.3 Å². The molecule has 0 bridgehead atoms. The number of rotatable bonds is 9. The zero-order valence-electron chi connectivity index (χ0n) is 20.6. The number of carbonyl (C=O) groups excluding carboxylic acids is 1. The fourth-order valence-corrected chi connectivity index (χ4v) is 6.13. The molecule has 0 spiro atoms. The van der Waals surface area contributed by atoms with Crippen LogP contribution in [0.2, 0.25) is 0 Å². The number of hydrogen-bond acceptors (Lipinski definition) is 6. The Labute approximate surface area is 221 Å². The Kier molecular flexibility index (Phi) is 8.33. The zero-order chi connectivity index (χ0) is 27.3. The van der Waals surface area contributed by atoms with Gasteiger partial charge in [-0.15, -0.1) is 0 Å². The first-order chi connectivity index (χ1) is 18.1. The first-order valence-corrected chi connectivity index (χ1v) is 13.8. The summed E-state index contributed by atoms with van der Waals surface area (Å²) in [5.41, 5.74) is 1.52. The number of carboxylic acid groups (broad SMARTS) is 1. The molecule has 1 aliphatic carbocycles. The molecule has 200 valence electrons. The lowest BCUT2D eigenvalue weighted by molar-refractivity contribution is -0.139. The van der Waals surface area contributed by atoms with E-state index in [1.54, 1.807) is 30.3 Å². The van der Waals surface area contributed by atoms with E-state index in [2.05, 4.69) is 10.0 Å². The highest BCUT2D eigenvalue weighted by Gasteiger charge is 2.28. The van der Waals surface area contributed by atoms with E-state index in [1.807, 2.05) is 6.07 Å². The van der Waals surface area contributed by atoms with E-state index >= 15 is 0 Å². The van der Waals surface area contributed by atoms with Crippen LogP contribution in [-0.2, 0) is 21.2 Å². The summed E-state index contributed by atoms with van der Waals surface area (Å²) in [6.07, 6.45) is 2.53. The first kappa shape index (κ1) is 27.2. The first-order valence-electron chi connectivity index (χ1n) is 12.3. The summed E-state index contributed by atoms with van der Waals surface area (Å²) in [6, 6.07) is 17.4. The van der Waals surface area contributed by atoms with Crippen LogP contribution < -0.4 is 10.0 Å². The predicted octanol–water partition coefficient (Wildman–Crippen LogP) is 3.53. The molecular formula is C28H30N2O7S. The Morgan fingerprint density at radius 2 is 1.61 bits per heavy atom. The van der Waals surface area contributed by atoms with Crippen molar-refractivity contribution in [1.82, 2.24) is 10.0 Å². The maximum Gasteiger partial charge on any atom is 0.326 e. The van der Waals surface area contributed by atoms with E-state index in [9.17, 15) is 33.3 Å². The smallest absolute Gasteiger partial charge is 0.326 e. The van der Waals surface area contributed by atoms with Gasteiger partial charge < -0.3 is 20.6 Å². The van der Waals surface area contributed by atoms with Crippen LogP contribution in [0.1, 0.15) is 53.1 Å². The van der Waals surface area contributed by atoms with E-state index in [-0.39, 0.29) is 40.3 Å². The Hall–Kier alpha value is -3.89. The molecular weight excluding hydrogens is 508 g/mol. The third kappa shape index (κ3) is 6.70. The molecule has 1 amide bonds. The summed E-state index contributed by atoms with van der Waals surface area (Å²) >= 11 is 0. The van der Waals surface area contributed by atoms with Crippen molar-refractivity contribution in [2.75, 3.05) is 0 Å². The largest absolute Gasteiger partial charge is 0.508 e. The number of benzene rings is 3. The Bertz CT molecular complexity index is 1400. The minimum Gasteiger partial charge on any atom is -0.508 e. The van der Waals surface area contributed by atoms with Crippen LogP contribution in [-0.4, -0.2) is 47.7 Å². The van der Waals surface area contributed by atoms with Gasteiger partial charge in [-0.25, -0.2) is 17.9 Å². The maximum atomic E-state index is 13.1. The number of aliphatic carboxylic acids is 1. The third-order valence-electron chi connectivity index (χ3n) is 6.80. The molecule has 3 aromatic rings. The minimum absolute atomic E-state index is 0.0155. The zero-order valence-corrected chi connectivity index (χ0v) is 21.4. The van der Waals surface area contributed by atoms with Crippen molar-refractivity contribution in [3.05, 3.63) is 89.5 Å². The van der Waals surface area contributed by atoms with Gasteiger partial charge in [-0.05, 0) is 67.0 Å². The Balaban J connectivity index is 1.39. The average molecular weight is 539 g/mol. The second-order valence-electron chi connectivity index (χ2n) is 9.49. The predicted molar refractivity (Wildman–Crippen MR) is 141 cm³/mol. The van der Waals surface area contributed by atoms with Gasteiger partial charge in [-0.1, -0.05) is 42.5 Å². The van der Waals surface area contributed by atoms with Gasteiger partial charge in [-0.3, -0.25) is 4.79 Å². The SMILES string of the molecule is O=C(NC(Cc1ccccc1)C(=O)O)c1cccc(S(=O)(=O)NC2CCC(c3ccc(O)cc3O)CC2)c1. The van der Waals surface area contributed by atoms with Crippen LogP contribution in [0.15, 0.2) is 77.7 Å². The van der Waals surface area contributed by atoms with Gasteiger partial charge in [0.15, 0.2) is 0 Å². The second-order valence-corrected chi connectivity index (χ2v) is 11.2. The summed E-state index contributed by atoms with van der Waals surface area (Å²) in [5.74, 6) is -1.80. The van der Waals surface area contributed by atoms with Gasteiger partial charge in [0.1, 0.15) is 17.5 Å². The van der Waals surface area contributed by atoms with Crippen LogP contribution in [0, 0.1) is 0 Å². The maximum absolute atomic E-state index is 13.1. The van der Waals surface area contributed by atoms with Gasteiger partial charge in [0.25, 0.3) is 5.91 Å². The molecule has 38 heavy (non-hydrogen) atoms. The molecule has 0 aromatic heterocycles. The van der Waals surface area contributed by atoms with E-state index in [0.717, 1.165) is 11.1 Å². The van der Waals surface area contributed by atoms with Gasteiger partial charge in [0.2, 0.25) is 10.0 Å². The summed E-state index contributed by atoms with van der Waals surface area (Å²) in [5, 5.41) is 31.7. The van der Waals surface area contributed by atoms with Gasteiger partial charge in [0.05, 0.1) is 4.90 Å². The standard InChI is InChI=1S/C28H30N2O7S/c31-22-13-14-24(26(32)17-22)19-9-11-21(12-10-19)30-38(36,37)23-8-4-7-20(16-23)27(33)29-25(28(34)35)15-18-5-2-1-3-6-18/h1-8,13-14,16-17,19,21,25,30-32H,9-12,15H2,(H,29,33)(H,34,35). The molecule has 0 radical (unpaired) electrons. The van der Waals surface area contributed by atoms with Crippen LogP contribution in [0.3, 0.4) is 0 Å². The van der Waals surface area contributed by atoms with Crippen LogP contribution >= 0.6 is 0 Å². The van der Waals surface area contributed by atoms with Gasteiger partial charge in [0, 0.05) is 24.1 Å². The molecule has 1 atom stereocenters. The molecule has 0 aliphatic heterocycles. The van der Waals surface area contributed by atoms with Crippen molar-refractivity contribution in [2.45, 2.75) is 55.0 Å². The highest BCUT2D eigenvalue weighted by atomic mass is 32.2. The van der Waals surface area contributed by atoms with Crippen molar-refractivity contribution >= 4 is 21.9 Å². The molecule has 1 fully saturated rings. The lowest BCUT2D eigenvalue weighted by Gasteiger charge is -2.29. The number of amides is 1. The normalized spacial score (nSPS) is 18.4. The molecule has 1 aliphatic rings. The Morgan fingerprint density at radius 1 is 0.895 bits per heavy atom. The summed E-state index contributed by atoms with van der Waals surface area (Å²) in [4.78, 5) is 24.4. The van der Waals surface area contributed by atoms with Gasteiger partial charge in [-0.2, -0.15) is 0 Å². The molecule has 4 rings (SSSR count). The van der Waals surface area contributed by atoms with Crippen molar-refractivity contribution in [1.29, 1.82) is 0 Å². The lowest BCUT2D eigenvalue weighted by atomic mass is 9.81. The summed E-state index contributed by atoms with van der Waals surface area (Å²) < 4.78 is 28.9. The molecule has 1 saturated carbocycles. The number of nitrogens with one attached hydrogen (secondary N) is 2. The Morgan fingerprint density at radius 3 is 2.26 bits per heavy atom. The number of phenolic OH excluding ortho intramolecular Hbond substituents is 2. The van der Waals surface area contributed by atoms with Crippen molar-refractivity contribution in [2.24, 2.45) is 0 Å². The number of phenols is 2. The van der Waals surface area contributed by atoms with Crippen molar-refractivity contribution in [3.8, 4) is 11.5 Å². The van der Waals surface area contributed by atoms with E-state index in [0.29, 0.717) is 25.7 Å². The molecule has 0 heterocycles. The molecule has 0 saturated heterocycles. The number of hydrogen-bond donors (Lipinski definition) is 5. The number of carboxylic acids is 1. The summed E-state index contributed by atoms with van der Waals surface area (Å²) in [6.45, 7) is 0. The summed E-state index contributed by atoms with van der Waals surface area (Å²) in [7, 11) is -3.93. The fraction of sp³-hybridized carbons (Fsp3) is 0.286. The second kappa shape index (κ2) is 11.7. The third-order valence-corrected chi connectivity index (χ3v) is 8.31. The van der Waals surface area contributed by atoms with Gasteiger partial charge >= 0.3 is 5.97 Å². The monoisotopic (exact) mass is 538 g/mol. The lowest BCUT2D eigenvalue weighted by Crippen LogP contribution is -2.42. The van der Waals surface area contributed by atoms with Crippen molar-refractivity contribution in [3.63, 3.8) is 0 Å². The molecule has 3 aromatic carbocycles. The van der Waals surface area contributed by atoms with Crippen LogP contribution in [0.25, 0.3) is 0 Å². The number of aromatic hydroxyl groups is 2.